The van der Waals surface area contributed by atoms with Crippen LogP contribution in [0.3, 0.4) is 0 Å². The molecule has 0 aromatic heterocycles. The Bertz CT molecular complexity index is 555. The zero-order valence-electron chi connectivity index (χ0n) is 10.8. The van der Waals surface area contributed by atoms with Gasteiger partial charge >= 0.3 is 6.09 Å². The van der Waals surface area contributed by atoms with Crippen molar-refractivity contribution in [3.63, 3.8) is 0 Å². The van der Waals surface area contributed by atoms with Crippen LogP contribution < -0.4 is 10.6 Å². The molecule has 3 rings (SSSR count). The van der Waals surface area contributed by atoms with Crippen molar-refractivity contribution in [3.05, 3.63) is 28.5 Å². The minimum Gasteiger partial charge on any atom is -0.436 e. The summed E-state index contributed by atoms with van der Waals surface area (Å²) in [5.41, 5.74) is -0.196. The van der Waals surface area contributed by atoms with E-state index < -0.39 is 17.5 Å². The van der Waals surface area contributed by atoms with Crippen LogP contribution in [-0.2, 0) is 10.3 Å². The Balaban J connectivity index is 0.00000147. The maximum Gasteiger partial charge on any atom is 0.412 e. The van der Waals surface area contributed by atoms with Gasteiger partial charge in [-0.25, -0.2) is 9.18 Å². The van der Waals surface area contributed by atoms with Crippen LogP contribution in [0.25, 0.3) is 0 Å². The molecule has 4 nitrogen and oxygen atoms in total. The van der Waals surface area contributed by atoms with Gasteiger partial charge in [0.2, 0.25) is 0 Å². The summed E-state index contributed by atoms with van der Waals surface area (Å²) >= 11 is 5.87. The van der Waals surface area contributed by atoms with Crippen LogP contribution in [0.1, 0.15) is 25.3 Å². The second-order valence-electron chi connectivity index (χ2n) is 4.97. The minimum absolute atomic E-state index is 0. The summed E-state index contributed by atoms with van der Waals surface area (Å²) < 4.78 is 19.9. The molecule has 2 unspecified atom stereocenters. The smallest absolute Gasteiger partial charge is 0.412 e. The quantitative estimate of drug-likeness (QED) is 0.770. The number of hydrogen-bond donors (Lipinski definition) is 2. The van der Waals surface area contributed by atoms with Crippen LogP contribution in [0.4, 0.5) is 14.9 Å². The van der Waals surface area contributed by atoms with Gasteiger partial charge in [-0.15, -0.1) is 12.4 Å². The topological polar surface area (TPSA) is 50.4 Å². The molecule has 2 N–H and O–H groups in total. The number of nitrogens with one attached hydrogen (secondary N) is 2. The van der Waals surface area contributed by atoms with Crippen LogP contribution in [0.2, 0.25) is 5.02 Å². The number of amides is 1. The molecule has 0 aliphatic carbocycles. The lowest BCUT2D eigenvalue weighted by Gasteiger charge is -2.45. The van der Waals surface area contributed by atoms with Crippen LogP contribution >= 0.6 is 24.0 Å². The Morgan fingerprint density at radius 2 is 2.25 bits per heavy atom. The lowest BCUT2D eigenvalue weighted by atomic mass is 9.78. The number of rotatable bonds is 0. The summed E-state index contributed by atoms with van der Waals surface area (Å²) in [6.45, 7) is 2.72. The Kier molecular flexibility index (Phi) is 4.14. The third-order valence-corrected chi connectivity index (χ3v) is 4.20. The summed E-state index contributed by atoms with van der Waals surface area (Å²) in [4.78, 5) is 11.7. The standard InChI is InChI=1S/C13H14ClFN2O2.ClH/c1-7-13(5-2-6-16-7)10-9(17-12(18)19-13)4-3-8(14)11(10)15;/h3-4,7,16H,2,5-6H2,1H3,(H,17,18);1H. The van der Waals surface area contributed by atoms with E-state index in [1.165, 1.54) is 6.07 Å². The number of anilines is 1. The second kappa shape index (κ2) is 5.39. The van der Waals surface area contributed by atoms with Crippen molar-refractivity contribution in [1.29, 1.82) is 0 Å². The molecule has 1 aromatic rings. The number of carbonyl (C=O) groups excluding carboxylic acids is 1. The molecule has 0 saturated carbocycles. The molecule has 1 aromatic carbocycles. The number of piperidine rings is 1. The highest BCUT2D eigenvalue weighted by Crippen LogP contribution is 2.46. The SMILES string of the molecule is CC1NCCCC12OC(=O)Nc1ccc(Cl)c(F)c12.Cl. The summed E-state index contributed by atoms with van der Waals surface area (Å²) in [5, 5.41) is 5.81. The van der Waals surface area contributed by atoms with Gasteiger partial charge in [0.1, 0.15) is 0 Å². The molecular weight excluding hydrogens is 306 g/mol. The third-order valence-electron chi connectivity index (χ3n) is 3.90. The Hall–Kier alpha value is -1.04. The van der Waals surface area contributed by atoms with Gasteiger partial charge in [0.25, 0.3) is 0 Å². The molecule has 0 bridgehead atoms. The first-order valence-corrected chi connectivity index (χ1v) is 6.64. The van der Waals surface area contributed by atoms with Gasteiger partial charge in [0.05, 0.1) is 16.3 Å². The van der Waals surface area contributed by atoms with E-state index in [-0.39, 0.29) is 23.5 Å². The van der Waals surface area contributed by atoms with E-state index in [4.69, 9.17) is 16.3 Å². The number of ether oxygens (including phenoxy) is 1. The van der Waals surface area contributed by atoms with Crippen molar-refractivity contribution in [2.24, 2.45) is 0 Å². The molecule has 1 fully saturated rings. The fourth-order valence-electron chi connectivity index (χ4n) is 2.95. The molecule has 2 aliphatic rings. The van der Waals surface area contributed by atoms with E-state index in [9.17, 15) is 9.18 Å². The van der Waals surface area contributed by atoms with Crippen molar-refractivity contribution >= 4 is 35.8 Å². The molecule has 2 atom stereocenters. The van der Waals surface area contributed by atoms with Gasteiger partial charge in [-0.2, -0.15) is 0 Å². The molecule has 0 radical (unpaired) electrons. The van der Waals surface area contributed by atoms with Gasteiger partial charge in [-0.1, -0.05) is 11.6 Å². The van der Waals surface area contributed by atoms with Crippen molar-refractivity contribution in [2.45, 2.75) is 31.4 Å². The number of halogens is 3. The molecule has 1 spiro atoms. The lowest BCUT2D eigenvalue weighted by Crippen LogP contribution is -2.56. The van der Waals surface area contributed by atoms with E-state index in [1.807, 2.05) is 6.92 Å². The average molecular weight is 321 g/mol. The third kappa shape index (κ3) is 2.14. The van der Waals surface area contributed by atoms with Gasteiger partial charge in [-0.05, 0) is 38.4 Å². The highest BCUT2D eigenvalue weighted by molar-refractivity contribution is 6.31. The number of fused-ring (bicyclic) bond motifs is 2. The van der Waals surface area contributed by atoms with E-state index in [0.717, 1.165) is 13.0 Å². The maximum atomic E-state index is 14.4. The summed E-state index contributed by atoms with van der Waals surface area (Å²) in [5.74, 6) is -0.519. The molecular formula is C13H15Cl2FN2O2. The van der Waals surface area contributed by atoms with Gasteiger partial charge in [0.15, 0.2) is 11.4 Å². The number of carbonyl (C=O) groups is 1. The van der Waals surface area contributed by atoms with E-state index in [1.54, 1.807) is 6.07 Å². The first-order chi connectivity index (χ1) is 9.04. The van der Waals surface area contributed by atoms with Crippen molar-refractivity contribution in [1.82, 2.24) is 5.32 Å². The molecule has 2 heterocycles. The predicted molar refractivity (Wildman–Crippen MR) is 77.1 cm³/mol. The largest absolute Gasteiger partial charge is 0.436 e. The number of benzene rings is 1. The predicted octanol–water partition coefficient (Wildman–Crippen LogP) is 3.43. The van der Waals surface area contributed by atoms with Crippen LogP contribution in [0.5, 0.6) is 0 Å². The first-order valence-electron chi connectivity index (χ1n) is 6.26. The van der Waals surface area contributed by atoms with Crippen LogP contribution in [0.15, 0.2) is 12.1 Å². The highest BCUT2D eigenvalue weighted by Gasteiger charge is 2.49. The maximum absolute atomic E-state index is 14.4. The fourth-order valence-corrected chi connectivity index (χ4v) is 3.11. The second-order valence-corrected chi connectivity index (χ2v) is 5.37. The molecule has 20 heavy (non-hydrogen) atoms. The Morgan fingerprint density at radius 1 is 1.50 bits per heavy atom. The molecule has 1 amide bonds. The van der Waals surface area contributed by atoms with Gasteiger partial charge < -0.3 is 10.1 Å². The molecule has 7 heteroatoms. The highest BCUT2D eigenvalue weighted by atomic mass is 35.5. The zero-order valence-corrected chi connectivity index (χ0v) is 12.4. The lowest BCUT2D eigenvalue weighted by molar-refractivity contribution is -0.0385. The summed E-state index contributed by atoms with van der Waals surface area (Å²) in [6.07, 6.45) is 0.840. The van der Waals surface area contributed by atoms with Crippen molar-refractivity contribution in [3.8, 4) is 0 Å². The Morgan fingerprint density at radius 3 is 2.95 bits per heavy atom. The monoisotopic (exact) mass is 320 g/mol. The minimum atomic E-state index is -0.981. The molecule has 110 valence electrons. The van der Waals surface area contributed by atoms with Gasteiger partial charge in [-0.3, -0.25) is 5.32 Å². The van der Waals surface area contributed by atoms with E-state index in [2.05, 4.69) is 10.6 Å². The Labute approximate surface area is 127 Å². The molecule has 1 saturated heterocycles. The zero-order chi connectivity index (χ0) is 13.6. The summed E-state index contributed by atoms with van der Waals surface area (Å²) in [6, 6.07) is 2.89. The fraction of sp³-hybridized carbons (Fsp3) is 0.462. The van der Waals surface area contributed by atoms with E-state index in [0.29, 0.717) is 17.7 Å². The van der Waals surface area contributed by atoms with Crippen LogP contribution in [-0.4, -0.2) is 18.7 Å². The van der Waals surface area contributed by atoms with Crippen molar-refractivity contribution < 1.29 is 13.9 Å². The van der Waals surface area contributed by atoms with Gasteiger partial charge in [0, 0.05) is 6.04 Å². The van der Waals surface area contributed by atoms with E-state index >= 15 is 0 Å². The summed E-state index contributed by atoms with van der Waals surface area (Å²) in [7, 11) is 0. The first kappa shape index (κ1) is 15.4. The van der Waals surface area contributed by atoms with Crippen LogP contribution in [0, 0.1) is 5.82 Å². The normalized spacial score (nSPS) is 28.1. The average Bonchev–Trinajstić information content (AvgIpc) is 2.37. The molecule has 2 aliphatic heterocycles. The van der Waals surface area contributed by atoms with Crippen molar-refractivity contribution in [2.75, 3.05) is 11.9 Å². The number of hydrogen-bond acceptors (Lipinski definition) is 3.